The minimum Gasteiger partial charge on any atom is -0.349 e. The van der Waals surface area contributed by atoms with Gasteiger partial charge in [0.15, 0.2) is 0 Å². The van der Waals surface area contributed by atoms with Crippen LogP contribution in [0.2, 0.25) is 0 Å². The molecule has 0 fully saturated rings. The molecular formula is C20H20FN3OS2. The summed E-state index contributed by atoms with van der Waals surface area (Å²) in [5.74, 6) is -0.340. The van der Waals surface area contributed by atoms with Gasteiger partial charge in [0.2, 0.25) is 5.91 Å². The number of fused-ring (bicyclic) bond motifs is 3. The Hall–Kier alpha value is -1.99. The molecule has 1 aliphatic rings. The topological polar surface area (TPSA) is 54.9 Å². The summed E-state index contributed by atoms with van der Waals surface area (Å²) < 4.78 is 13.1. The lowest BCUT2D eigenvalue weighted by Crippen LogP contribution is -2.33. The number of nitrogens with one attached hydrogen (secondary N) is 1. The quantitative estimate of drug-likeness (QED) is 0.498. The lowest BCUT2D eigenvalue weighted by atomic mass is 10.1. The van der Waals surface area contributed by atoms with Crippen LogP contribution in [0.25, 0.3) is 10.2 Å². The molecule has 4 rings (SSSR count). The third kappa shape index (κ3) is 3.71. The van der Waals surface area contributed by atoms with E-state index in [1.807, 2.05) is 13.8 Å². The first-order valence-electron chi connectivity index (χ1n) is 9.00. The summed E-state index contributed by atoms with van der Waals surface area (Å²) in [6.45, 7) is 3.79. The Kier molecular flexibility index (Phi) is 5.14. The van der Waals surface area contributed by atoms with Gasteiger partial charge in [-0.15, -0.1) is 11.3 Å². The molecule has 2 aromatic heterocycles. The molecule has 0 saturated heterocycles. The predicted molar refractivity (Wildman–Crippen MR) is 108 cm³/mol. The van der Waals surface area contributed by atoms with E-state index in [0.29, 0.717) is 0 Å². The lowest BCUT2D eigenvalue weighted by Gasteiger charge is -2.18. The number of thioether (sulfide) groups is 1. The first-order chi connectivity index (χ1) is 13.0. The highest BCUT2D eigenvalue weighted by molar-refractivity contribution is 8.00. The summed E-state index contributed by atoms with van der Waals surface area (Å²) >= 11 is 3.22. The fraction of sp³-hybridized carbons (Fsp3) is 0.350. The zero-order valence-electron chi connectivity index (χ0n) is 15.2. The van der Waals surface area contributed by atoms with E-state index >= 15 is 0 Å². The van der Waals surface area contributed by atoms with Crippen LogP contribution < -0.4 is 5.32 Å². The number of rotatable bonds is 5. The fourth-order valence-electron chi connectivity index (χ4n) is 3.38. The largest absolute Gasteiger partial charge is 0.349 e. The molecule has 1 aromatic carbocycles. The van der Waals surface area contributed by atoms with E-state index in [0.717, 1.165) is 33.6 Å². The van der Waals surface area contributed by atoms with Gasteiger partial charge >= 0.3 is 0 Å². The van der Waals surface area contributed by atoms with E-state index in [1.165, 1.54) is 40.8 Å². The molecule has 0 radical (unpaired) electrons. The highest BCUT2D eigenvalue weighted by atomic mass is 32.2. The molecule has 4 nitrogen and oxygen atoms in total. The summed E-state index contributed by atoms with van der Waals surface area (Å²) in [6, 6.07) is 6.02. The lowest BCUT2D eigenvalue weighted by molar-refractivity contribution is -0.120. The highest BCUT2D eigenvalue weighted by Crippen LogP contribution is 2.40. The van der Waals surface area contributed by atoms with Gasteiger partial charge in [-0.3, -0.25) is 4.79 Å². The van der Waals surface area contributed by atoms with Crippen LogP contribution in [0.4, 0.5) is 4.39 Å². The molecule has 2 heterocycles. The predicted octanol–water partition coefficient (Wildman–Crippen LogP) is 4.68. The van der Waals surface area contributed by atoms with Crippen molar-refractivity contribution in [2.24, 2.45) is 0 Å². The molecule has 1 N–H and O–H groups in total. The number of carbonyl (C=O) groups excluding carboxylic acids is 1. The molecule has 0 spiro atoms. The number of amides is 1. The second-order valence-corrected chi connectivity index (χ2v) is 9.17. The van der Waals surface area contributed by atoms with Crippen LogP contribution in [0.1, 0.15) is 42.3 Å². The zero-order valence-corrected chi connectivity index (χ0v) is 16.8. The highest BCUT2D eigenvalue weighted by Gasteiger charge is 2.24. The maximum absolute atomic E-state index is 13.1. The van der Waals surface area contributed by atoms with E-state index in [4.69, 9.17) is 0 Å². The smallest absolute Gasteiger partial charge is 0.233 e. The van der Waals surface area contributed by atoms with E-state index in [-0.39, 0.29) is 23.0 Å². The molecule has 140 valence electrons. The molecule has 27 heavy (non-hydrogen) atoms. The van der Waals surface area contributed by atoms with Gasteiger partial charge in [0.05, 0.1) is 11.3 Å². The van der Waals surface area contributed by atoms with Crippen LogP contribution in [-0.4, -0.2) is 21.1 Å². The van der Waals surface area contributed by atoms with Crippen molar-refractivity contribution in [3.8, 4) is 0 Å². The number of nitrogens with zero attached hydrogens (tertiary/aromatic N) is 2. The number of hydrogen-bond donors (Lipinski definition) is 1. The van der Waals surface area contributed by atoms with Gasteiger partial charge in [-0.2, -0.15) is 0 Å². The van der Waals surface area contributed by atoms with Crippen molar-refractivity contribution in [3.63, 3.8) is 0 Å². The van der Waals surface area contributed by atoms with Crippen LogP contribution in [-0.2, 0) is 17.6 Å². The molecule has 3 aromatic rings. The van der Waals surface area contributed by atoms with Gasteiger partial charge in [0.25, 0.3) is 0 Å². The summed E-state index contributed by atoms with van der Waals surface area (Å²) in [5.41, 5.74) is 2.24. The normalized spacial score (nSPS) is 15.5. The van der Waals surface area contributed by atoms with Crippen molar-refractivity contribution in [2.45, 2.75) is 49.4 Å². The standard InChI is InChI=1S/C20H20FN3OS2/c1-11(13-6-8-14(21)9-7-13)24-18(25)12(2)26-19-17-15-4-3-5-16(15)27-20(17)23-10-22-19/h6-12H,3-5H2,1-2H3,(H,24,25)/t11-,12-/m1/s1. The molecule has 0 aliphatic heterocycles. The average Bonchev–Trinajstić information content (AvgIpc) is 3.23. The molecule has 1 aliphatic carbocycles. The van der Waals surface area contributed by atoms with Gasteiger partial charge < -0.3 is 5.32 Å². The molecule has 0 saturated carbocycles. The first-order valence-corrected chi connectivity index (χ1v) is 10.7. The van der Waals surface area contributed by atoms with Crippen molar-refractivity contribution < 1.29 is 9.18 Å². The van der Waals surface area contributed by atoms with Gasteiger partial charge in [-0.1, -0.05) is 23.9 Å². The Balaban J connectivity index is 1.49. The monoisotopic (exact) mass is 401 g/mol. The second kappa shape index (κ2) is 7.56. The van der Waals surface area contributed by atoms with Crippen LogP contribution in [0, 0.1) is 5.82 Å². The maximum atomic E-state index is 13.1. The number of thiophene rings is 1. The van der Waals surface area contributed by atoms with Crippen molar-refractivity contribution in [2.75, 3.05) is 0 Å². The Morgan fingerprint density at radius 2 is 2.00 bits per heavy atom. The van der Waals surface area contributed by atoms with Crippen molar-refractivity contribution >= 4 is 39.2 Å². The van der Waals surface area contributed by atoms with Gasteiger partial charge in [0.1, 0.15) is 22.0 Å². The number of aromatic nitrogens is 2. The number of carbonyl (C=O) groups is 1. The minimum absolute atomic E-state index is 0.0598. The number of halogens is 1. The number of benzene rings is 1. The van der Waals surface area contributed by atoms with Crippen LogP contribution in [0.3, 0.4) is 0 Å². The molecule has 0 unspecified atom stereocenters. The third-order valence-electron chi connectivity index (χ3n) is 4.85. The number of hydrogen-bond acceptors (Lipinski definition) is 5. The Labute approximate surface area is 165 Å². The van der Waals surface area contributed by atoms with E-state index in [9.17, 15) is 9.18 Å². The molecule has 0 bridgehead atoms. The molecule has 7 heteroatoms. The Morgan fingerprint density at radius 1 is 1.22 bits per heavy atom. The first kappa shape index (κ1) is 18.4. The minimum atomic E-state index is -0.289. The van der Waals surface area contributed by atoms with Gasteiger partial charge in [0, 0.05) is 10.3 Å². The average molecular weight is 402 g/mol. The second-order valence-electron chi connectivity index (χ2n) is 6.76. The van der Waals surface area contributed by atoms with Crippen molar-refractivity contribution in [1.29, 1.82) is 0 Å². The van der Waals surface area contributed by atoms with E-state index in [1.54, 1.807) is 29.8 Å². The Morgan fingerprint density at radius 3 is 2.78 bits per heavy atom. The van der Waals surface area contributed by atoms with Crippen molar-refractivity contribution in [1.82, 2.24) is 15.3 Å². The Bertz CT molecular complexity index is 987. The van der Waals surface area contributed by atoms with Crippen LogP contribution >= 0.6 is 23.1 Å². The van der Waals surface area contributed by atoms with E-state index in [2.05, 4.69) is 15.3 Å². The third-order valence-corrected chi connectivity index (χ3v) is 7.15. The fourth-order valence-corrected chi connectivity index (χ4v) is 5.62. The summed E-state index contributed by atoms with van der Waals surface area (Å²) in [6.07, 6.45) is 4.95. The van der Waals surface area contributed by atoms with E-state index < -0.39 is 0 Å². The summed E-state index contributed by atoms with van der Waals surface area (Å²) in [5, 5.41) is 4.73. The molecular weight excluding hydrogens is 381 g/mol. The van der Waals surface area contributed by atoms with Crippen molar-refractivity contribution in [3.05, 3.63) is 52.4 Å². The van der Waals surface area contributed by atoms with Crippen LogP contribution in [0.5, 0.6) is 0 Å². The zero-order chi connectivity index (χ0) is 19.0. The maximum Gasteiger partial charge on any atom is 0.233 e. The van der Waals surface area contributed by atoms with Crippen LogP contribution in [0.15, 0.2) is 35.6 Å². The number of aryl methyl sites for hydroxylation is 2. The molecule has 1 amide bonds. The van der Waals surface area contributed by atoms with Gasteiger partial charge in [-0.05, 0) is 56.4 Å². The SMILES string of the molecule is C[C@@H](Sc1ncnc2sc3c(c12)CCC3)C(=O)N[C@H](C)c1ccc(F)cc1. The van der Waals surface area contributed by atoms with Gasteiger partial charge in [-0.25, -0.2) is 14.4 Å². The molecule has 2 atom stereocenters. The summed E-state index contributed by atoms with van der Waals surface area (Å²) in [4.78, 5) is 24.0. The summed E-state index contributed by atoms with van der Waals surface area (Å²) in [7, 11) is 0.